The van der Waals surface area contributed by atoms with Gasteiger partial charge in [-0.25, -0.2) is 0 Å². The van der Waals surface area contributed by atoms with Crippen LogP contribution >= 0.6 is 15.9 Å². The summed E-state index contributed by atoms with van der Waals surface area (Å²) in [5, 5.41) is 2.83. The molecule has 1 amide bonds. The van der Waals surface area contributed by atoms with E-state index in [-0.39, 0.29) is 12.5 Å². The monoisotopic (exact) mass is 307 g/mol. The molecule has 0 saturated heterocycles. The largest absolute Gasteiger partial charge is 0.345 e. The number of carbonyl (C=O) groups is 1. The molecule has 0 fully saturated rings. The van der Waals surface area contributed by atoms with Gasteiger partial charge in [-0.1, -0.05) is 15.9 Å². The Morgan fingerprint density at radius 3 is 2.61 bits per heavy atom. The van der Waals surface area contributed by atoms with Crippen LogP contribution in [0.15, 0.2) is 47.2 Å². The quantitative estimate of drug-likeness (QED) is 0.911. The highest BCUT2D eigenvalue weighted by atomic mass is 79.9. The number of hydrogen-bond acceptors (Lipinski definition) is 2. The van der Waals surface area contributed by atoms with Crippen LogP contribution < -0.4 is 11.1 Å². The minimum absolute atomic E-state index is 0.0588. The Balaban J connectivity index is 1.94. The number of rotatable bonds is 4. The van der Waals surface area contributed by atoms with Crippen LogP contribution in [0, 0.1) is 0 Å². The topological polar surface area (TPSA) is 60.0 Å². The fraction of sp³-hybridized carbons (Fsp3) is 0.154. The van der Waals surface area contributed by atoms with Gasteiger partial charge in [0.15, 0.2) is 0 Å². The first-order chi connectivity index (χ1) is 8.67. The summed E-state index contributed by atoms with van der Waals surface area (Å²) in [6, 6.07) is 9.38. The van der Waals surface area contributed by atoms with E-state index in [1.165, 1.54) is 0 Å². The zero-order valence-corrected chi connectivity index (χ0v) is 11.4. The maximum atomic E-state index is 11.8. The van der Waals surface area contributed by atoms with Crippen LogP contribution in [0.3, 0.4) is 0 Å². The van der Waals surface area contributed by atoms with Crippen molar-refractivity contribution in [3.8, 4) is 0 Å². The lowest BCUT2D eigenvalue weighted by molar-refractivity contribution is -0.116. The van der Waals surface area contributed by atoms with Crippen molar-refractivity contribution in [3.63, 3.8) is 0 Å². The minimum atomic E-state index is -0.0588. The van der Waals surface area contributed by atoms with Gasteiger partial charge in [0.05, 0.1) is 0 Å². The van der Waals surface area contributed by atoms with Crippen LogP contribution in [0.25, 0.3) is 0 Å². The van der Waals surface area contributed by atoms with E-state index < -0.39 is 0 Å². The van der Waals surface area contributed by atoms with E-state index >= 15 is 0 Å². The number of nitrogens with two attached hydrogens (primary N) is 1. The molecule has 1 aromatic carbocycles. The molecule has 2 rings (SSSR count). The summed E-state index contributed by atoms with van der Waals surface area (Å²) in [5.41, 5.74) is 7.32. The Morgan fingerprint density at radius 1 is 1.28 bits per heavy atom. The number of aromatic nitrogens is 1. The van der Waals surface area contributed by atoms with Gasteiger partial charge in [-0.05, 0) is 35.9 Å². The maximum Gasteiger partial charge on any atom is 0.244 e. The van der Waals surface area contributed by atoms with E-state index in [1.54, 1.807) is 0 Å². The number of benzene rings is 1. The summed E-state index contributed by atoms with van der Waals surface area (Å²) in [6.45, 7) is 0.775. The lowest BCUT2D eigenvalue weighted by atomic mass is 10.3. The van der Waals surface area contributed by atoms with E-state index in [4.69, 9.17) is 5.73 Å². The molecule has 5 heteroatoms. The van der Waals surface area contributed by atoms with E-state index in [0.29, 0.717) is 6.54 Å². The van der Waals surface area contributed by atoms with Crippen LogP contribution in [0.5, 0.6) is 0 Å². The van der Waals surface area contributed by atoms with Crippen LogP contribution in [-0.4, -0.2) is 10.5 Å². The fourth-order valence-electron chi connectivity index (χ4n) is 1.61. The first-order valence-electron chi connectivity index (χ1n) is 5.57. The molecule has 3 N–H and O–H groups in total. The molecule has 0 aliphatic heterocycles. The van der Waals surface area contributed by atoms with Crippen molar-refractivity contribution in [2.45, 2.75) is 13.1 Å². The molecule has 0 spiro atoms. The van der Waals surface area contributed by atoms with Gasteiger partial charge >= 0.3 is 0 Å². The molecule has 0 aliphatic rings. The zero-order chi connectivity index (χ0) is 13.0. The zero-order valence-electron chi connectivity index (χ0n) is 9.77. The van der Waals surface area contributed by atoms with Crippen molar-refractivity contribution in [1.82, 2.24) is 4.57 Å². The van der Waals surface area contributed by atoms with E-state index in [1.807, 2.05) is 47.3 Å². The van der Waals surface area contributed by atoms with E-state index in [9.17, 15) is 4.79 Å². The molecular formula is C13H14BrN3O. The van der Waals surface area contributed by atoms with Gasteiger partial charge in [0.1, 0.15) is 6.54 Å². The van der Waals surface area contributed by atoms with Gasteiger partial charge in [-0.15, -0.1) is 0 Å². The summed E-state index contributed by atoms with van der Waals surface area (Å²) in [5.74, 6) is -0.0588. The molecular weight excluding hydrogens is 294 g/mol. The maximum absolute atomic E-state index is 11.8. The van der Waals surface area contributed by atoms with Crippen molar-refractivity contribution in [2.24, 2.45) is 5.73 Å². The Hall–Kier alpha value is -1.59. The lowest BCUT2D eigenvalue weighted by Crippen LogP contribution is -2.17. The van der Waals surface area contributed by atoms with Crippen molar-refractivity contribution in [2.75, 3.05) is 5.32 Å². The summed E-state index contributed by atoms with van der Waals surface area (Å²) in [6.07, 6.45) is 3.73. The highest BCUT2D eigenvalue weighted by Gasteiger charge is 2.03. The average Bonchev–Trinajstić information content (AvgIpc) is 2.79. The molecule has 0 aliphatic carbocycles. The van der Waals surface area contributed by atoms with Crippen LogP contribution in [0.2, 0.25) is 0 Å². The molecule has 0 unspecified atom stereocenters. The first-order valence-corrected chi connectivity index (χ1v) is 6.37. The van der Waals surface area contributed by atoms with E-state index in [2.05, 4.69) is 21.2 Å². The minimum Gasteiger partial charge on any atom is -0.345 e. The summed E-state index contributed by atoms with van der Waals surface area (Å²) in [4.78, 5) is 11.8. The number of anilines is 1. The van der Waals surface area contributed by atoms with Crippen LogP contribution in [-0.2, 0) is 17.9 Å². The van der Waals surface area contributed by atoms with Crippen molar-refractivity contribution in [3.05, 3.63) is 52.8 Å². The molecule has 1 aromatic heterocycles. The van der Waals surface area contributed by atoms with Crippen LogP contribution in [0.1, 0.15) is 5.56 Å². The lowest BCUT2D eigenvalue weighted by Gasteiger charge is -2.06. The van der Waals surface area contributed by atoms with Crippen molar-refractivity contribution < 1.29 is 4.79 Å². The second-order valence-electron chi connectivity index (χ2n) is 3.95. The number of amides is 1. The van der Waals surface area contributed by atoms with Gasteiger partial charge in [0.2, 0.25) is 5.91 Å². The molecule has 1 heterocycles. The Morgan fingerprint density at radius 2 is 2.00 bits per heavy atom. The fourth-order valence-corrected chi connectivity index (χ4v) is 1.87. The van der Waals surface area contributed by atoms with Gasteiger partial charge < -0.3 is 15.6 Å². The molecule has 0 radical (unpaired) electrons. The van der Waals surface area contributed by atoms with Crippen molar-refractivity contribution in [1.29, 1.82) is 0 Å². The predicted molar refractivity (Wildman–Crippen MR) is 75.1 cm³/mol. The standard InChI is InChI=1S/C13H14BrN3O/c14-11-1-3-12(4-2-11)16-13(18)9-17-6-5-10(7-15)8-17/h1-6,8H,7,9,15H2,(H,16,18). The predicted octanol–water partition coefficient (Wildman–Crippen LogP) is 2.35. The van der Waals surface area contributed by atoms with Gasteiger partial charge in [-0.3, -0.25) is 4.79 Å². The first kappa shape index (κ1) is 12.9. The summed E-state index contributed by atoms with van der Waals surface area (Å²) >= 11 is 3.35. The normalized spacial score (nSPS) is 10.3. The second kappa shape index (κ2) is 5.84. The second-order valence-corrected chi connectivity index (χ2v) is 4.87. The van der Waals surface area contributed by atoms with Crippen LogP contribution in [0.4, 0.5) is 5.69 Å². The average molecular weight is 308 g/mol. The number of nitrogens with zero attached hydrogens (tertiary/aromatic N) is 1. The van der Waals surface area contributed by atoms with Gasteiger partial charge in [0, 0.05) is 29.1 Å². The SMILES string of the molecule is NCc1ccn(CC(=O)Nc2ccc(Br)cc2)c1. The number of halogens is 1. The highest BCUT2D eigenvalue weighted by Crippen LogP contribution is 2.14. The third-order valence-corrected chi connectivity index (χ3v) is 3.03. The highest BCUT2D eigenvalue weighted by molar-refractivity contribution is 9.10. The third kappa shape index (κ3) is 3.45. The molecule has 0 bridgehead atoms. The Labute approximate surface area is 114 Å². The third-order valence-electron chi connectivity index (χ3n) is 2.50. The molecule has 4 nitrogen and oxygen atoms in total. The molecule has 94 valence electrons. The molecule has 0 saturated carbocycles. The molecule has 18 heavy (non-hydrogen) atoms. The Kier molecular flexibility index (Phi) is 4.17. The molecule has 2 aromatic rings. The Bertz CT molecular complexity index is 533. The smallest absolute Gasteiger partial charge is 0.244 e. The van der Waals surface area contributed by atoms with Gasteiger partial charge in [-0.2, -0.15) is 0 Å². The van der Waals surface area contributed by atoms with Gasteiger partial charge in [0.25, 0.3) is 0 Å². The number of hydrogen-bond donors (Lipinski definition) is 2. The number of carbonyl (C=O) groups excluding carboxylic acids is 1. The summed E-state index contributed by atoms with van der Waals surface area (Å²) < 4.78 is 2.80. The summed E-state index contributed by atoms with van der Waals surface area (Å²) in [7, 11) is 0. The van der Waals surface area contributed by atoms with Crippen molar-refractivity contribution >= 4 is 27.5 Å². The number of nitrogens with one attached hydrogen (secondary N) is 1. The molecule has 0 atom stereocenters. The van der Waals surface area contributed by atoms with E-state index in [0.717, 1.165) is 15.7 Å².